The second kappa shape index (κ2) is 11.1. The zero-order valence-electron chi connectivity index (χ0n) is 20.8. The van der Waals surface area contributed by atoms with Gasteiger partial charge in [0.25, 0.3) is 5.91 Å². The number of pyridine rings is 1. The number of hydrogen-bond donors (Lipinski definition) is 1. The summed E-state index contributed by atoms with van der Waals surface area (Å²) >= 11 is 0. The molecule has 1 aromatic heterocycles. The number of piperazine rings is 1. The Bertz CT molecular complexity index is 1230. The van der Waals surface area contributed by atoms with E-state index < -0.39 is 0 Å². The SMILES string of the molecule is CCc1ccccc1NC(=O)CN1CCN(c2cc(C(=O)N3CCOCC3)c3ccccc3n2)CC1. The maximum absolute atomic E-state index is 13.4. The fourth-order valence-electron chi connectivity index (χ4n) is 4.92. The summed E-state index contributed by atoms with van der Waals surface area (Å²) in [5.74, 6) is 0.846. The molecule has 3 aromatic rings. The van der Waals surface area contributed by atoms with Gasteiger partial charge in [-0.3, -0.25) is 14.5 Å². The van der Waals surface area contributed by atoms with Crippen molar-refractivity contribution in [2.75, 3.05) is 69.2 Å². The van der Waals surface area contributed by atoms with Gasteiger partial charge in [0.05, 0.1) is 30.8 Å². The highest BCUT2D eigenvalue weighted by Crippen LogP contribution is 2.25. The third kappa shape index (κ3) is 5.34. The molecule has 0 saturated carbocycles. The summed E-state index contributed by atoms with van der Waals surface area (Å²) in [5, 5.41) is 3.94. The van der Waals surface area contributed by atoms with E-state index in [-0.39, 0.29) is 11.8 Å². The predicted molar refractivity (Wildman–Crippen MR) is 142 cm³/mol. The van der Waals surface area contributed by atoms with Gasteiger partial charge in [0.1, 0.15) is 5.82 Å². The average Bonchev–Trinajstić information content (AvgIpc) is 2.93. The van der Waals surface area contributed by atoms with E-state index in [1.807, 2.05) is 59.5 Å². The fraction of sp³-hybridized carbons (Fsp3) is 0.393. The standard InChI is InChI=1S/C28H33N5O3/c1-2-21-7-3-5-9-24(21)30-27(34)20-31-11-13-32(14-12-31)26-19-23(22-8-4-6-10-25(22)29-26)28(35)33-15-17-36-18-16-33/h3-10,19H,2,11-18,20H2,1H3,(H,30,34). The Kier molecular flexibility index (Phi) is 7.44. The Morgan fingerprint density at radius 1 is 0.944 bits per heavy atom. The lowest BCUT2D eigenvalue weighted by Crippen LogP contribution is -2.49. The quantitative estimate of drug-likeness (QED) is 0.576. The normalized spacial score (nSPS) is 16.8. The van der Waals surface area contributed by atoms with Crippen LogP contribution < -0.4 is 10.2 Å². The number of nitrogens with zero attached hydrogens (tertiary/aromatic N) is 4. The van der Waals surface area contributed by atoms with Gasteiger partial charge in [-0.05, 0) is 30.2 Å². The second-order valence-corrected chi connectivity index (χ2v) is 9.27. The summed E-state index contributed by atoms with van der Waals surface area (Å²) in [6, 6.07) is 17.7. The number of benzene rings is 2. The minimum Gasteiger partial charge on any atom is -0.378 e. The van der Waals surface area contributed by atoms with E-state index >= 15 is 0 Å². The van der Waals surface area contributed by atoms with E-state index in [4.69, 9.17) is 9.72 Å². The molecular weight excluding hydrogens is 454 g/mol. The third-order valence-corrected chi connectivity index (χ3v) is 6.97. The fourth-order valence-corrected chi connectivity index (χ4v) is 4.92. The van der Waals surface area contributed by atoms with Gasteiger partial charge >= 0.3 is 0 Å². The maximum atomic E-state index is 13.4. The Balaban J connectivity index is 1.26. The van der Waals surface area contributed by atoms with Crippen LogP contribution in [0.3, 0.4) is 0 Å². The van der Waals surface area contributed by atoms with Crippen LogP contribution in [0.15, 0.2) is 54.6 Å². The van der Waals surface area contributed by atoms with Gasteiger partial charge in [-0.2, -0.15) is 0 Å². The molecule has 0 aliphatic carbocycles. The molecular formula is C28H33N5O3. The number of aryl methyl sites for hydroxylation is 1. The van der Waals surface area contributed by atoms with Crippen molar-refractivity contribution in [3.05, 3.63) is 65.7 Å². The molecule has 1 N–H and O–H groups in total. The first-order valence-corrected chi connectivity index (χ1v) is 12.7. The summed E-state index contributed by atoms with van der Waals surface area (Å²) < 4.78 is 5.43. The third-order valence-electron chi connectivity index (χ3n) is 6.97. The van der Waals surface area contributed by atoms with Crippen molar-refractivity contribution in [2.45, 2.75) is 13.3 Å². The molecule has 0 unspecified atom stereocenters. The van der Waals surface area contributed by atoms with E-state index in [2.05, 4.69) is 22.0 Å². The molecule has 8 heteroatoms. The van der Waals surface area contributed by atoms with E-state index in [0.29, 0.717) is 38.4 Å². The highest BCUT2D eigenvalue weighted by atomic mass is 16.5. The van der Waals surface area contributed by atoms with Crippen LogP contribution in [0.25, 0.3) is 10.9 Å². The number of morpholine rings is 1. The maximum Gasteiger partial charge on any atom is 0.254 e. The molecule has 2 amide bonds. The summed E-state index contributed by atoms with van der Waals surface area (Å²) in [7, 11) is 0. The largest absolute Gasteiger partial charge is 0.378 e. The van der Waals surface area contributed by atoms with Crippen molar-refractivity contribution in [3.63, 3.8) is 0 Å². The van der Waals surface area contributed by atoms with Crippen LogP contribution in [0, 0.1) is 0 Å². The van der Waals surface area contributed by atoms with Gasteiger partial charge in [0.2, 0.25) is 5.91 Å². The van der Waals surface area contributed by atoms with Gasteiger partial charge in [-0.25, -0.2) is 4.98 Å². The summed E-state index contributed by atoms with van der Waals surface area (Å²) in [6.07, 6.45) is 0.879. The minimum atomic E-state index is 0.00609. The van der Waals surface area contributed by atoms with E-state index in [9.17, 15) is 9.59 Å². The molecule has 5 rings (SSSR count). The smallest absolute Gasteiger partial charge is 0.254 e. The Hall–Kier alpha value is -3.49. The molecule has 36 heavy (non-hydrogen) atoms. The predicted octanol–water partition coefficient (Wildman–Crippen LogP) is 3.03. The Morgan fingerprint density at radius 2 is 1.67 bits per heavy atom. The van der Waals surface area contributed by atoms with Gasteiger partial charge in [0.15, 0.2) is 0 Å². The number of hydrogen-bond acceptors (Lipinski definition) is 6. The summed E-state index contributed by atoms with van der Waals surface area (Å²) in [5.41, 5.74) is 3.54. The van der Waals surface area contributed by atoms with Crippen LogP contribution in [0.2, 0.25) is 0 Å². The lowest BCUT2D eigenvalue weighted by Gasteiger charge is -2.35. The van der Waals surface area contributed by atoms with Crippen molar-refractivity contribution >= 4 is 34.2 Å². The molecule has 0 spiro atoms. The molecule has 2 fully saturated rings. The number of carbonyl (C=O) groups is 2. The molecule has 8 nitrogen and oxygen atoms in total. The Morgan fingerprint density at radius 3 is 2.44 bits per heavy atom. The number of aromatic nitrogens is 1. The molecule has 2 aliphatic heterocycles. The lowest BCUT2D eigenvalue weighted by molar-refractivity contribution is -0.117. The molecule has 3 heterocycles. The van der Waals surface area contributed by atoms with Crippen LogP contribution in [-0.4, -0.2) is 85.6 Å². The van der Waals surface area contributed by atoms with E-state index in [1.165, 1.54) is 0 Å². The minimum absolute atomic E-state index is 0.00609. The zero-order valence-corrected chi connectivity index (χ0v) is 20.8. The number of anilines is 2. The topological polar surface area (TPSA) is 78.0 Å². The monoisotopic (exact) mass is 487 g/mol. The second-order valence-electron chi connectivity index (χ2n) is 9.27. The molecule has 2 aliphatic rings. The molecule has 188 valence electrons. The van der Waals surface area contributed by atoms with Gasteiger partial charge in [-0.1, -0.05) is 43.3 Å². The summed E-state index contributed by atoms with van der Waals surface area (Å²) in [6.45, 7) is 7.80. The van der Waals surface area contributed by atoms with Crippen LogP contribution in [-0.2, 0) is 16.0 Å². The van der Waals surface area contributed by atoms with Crippen molar-refractivity contribution < 1.29 is 14.3 Å². The average molecular weight is 488 g/mol. The molecule has 0 bridgehead atoms. The highest BCUT2D eigenvalue weighted by molar-refractivity contribution is 6.07. The van der Waals surface area contributed by atoms with Crippen LogP contribution in [0.4, 0.5) is 11.5 Å². The lowest BCUT2D eigenvalue weighted by atomic mass is 10.1. The Labute approximate surface area is 211 Å². The number of nitrogens with one attached hydrogen (secondary N) is 1. The molecule has 0 atom stereocenters. The van der Waals surface area contributed by atoms with Gasteiger partial charge in [0, 0.05) is 50.3 Å². The highest BCUT2D eigenvalue weighted by Gasteiger charge is 2.25. The van der Waals surface area contributed by atoms with E-state index in [1.54, 1.807) is 0 Å². The number of carbonyl (C=O) groups excluding carboxylic acids is 2. The van der Waals surface area contributed by atoms with Crippen molar-refractivity contribution in [1.82, 2.24) is 14.8 Å². The number of amides is 2. The van der Waals surface area contributed by atoms with Crippen LogP contribution in [0.1, 0.15) is 22.8 Å². The van der Waals surface area contributed by atoms with Crippen LogP contribution >= 0.6 is 0 Å². The number of rotatable bonds is 6. The first-order valence-electron chi connectivity index (χ1n) is 12.7. The molecule has 2 saturated heterocycles. The zero-order chi connectivity index (χ0) is 24.9. The molecule has 2 aromatic carbocycles. The van der Waals surface area contributed by atoms with Crippen molar-refractivity contribution in [1.29, 1.82) is 0 Å². The van der Waals surface area contributed by atoms with E-state index in [0.717, 1.165) is 60.6 Å². The first-order chi connectivity index (χ1) is 17.6. The number of para-hydroxylation sites is 2. The number of fused-ring (bicyclic) bond motifs is 1. The van der Waals surface area contributed by atoms with Gasteiger partial charge < -0.3 is 19.9 Å². The van der Waals surface area contributed by atoms with Crippen LogP contribution in [0.5, 0.6) is 0 Å². The molecule has 0 radical (unpaired) electrons. The number of ether oxygens (including phenoxy) is 1. The summed E-state index contributed by atoms with van der Waals surface area (Å²) in [4.78, 5) is 37.2. The van der Waals surface area contributed by atoms with Crippen molar-refractivity contribution in [3.8, 4) is 0 Å². The van der Waals surface area contributed by atoms with Gasteiger partial charge in [-0.15, -0.1) is 0 Å². The first kappa shape index (κ1) is 24.2. The van der Waals surface area contributed by atoms with Crippen molar-refractivity contribution in [2.24, 2.45) is 0 Å².